The van der Waals surface area contributed by atoms with E-state index in [1.165, 1.54) is 36.4 Å². The first kappa shape index (κ1) is 29.8. The maximum Gasteiger partial charge on any atom is 0.343 e. The van der Waals surface area contributed by atoms with E-state index in [0.29, 0.717) is 10.6 Å². The summed E-state index contributed by atoms with van der Waals surface area (Å²) in [6.45, 7) is -0.297. The van der Waals surface area contributed by atoms with Crippen molar-refractivity contribution in [3.63, 3.8) is 0 Å². The number of ether oxygens (including phenoxy) is 2. The Morgan fingerprint density at radius 3 is 1.55 bits per heavy atom. The Hall–Kier alpha value is -5.73. The predicted molar refractivity (Wildman–Crippen MR) is 161 cm³/mol. The fourth-order valence-electron chi connectivity index (χ4n) is 4.44. The van der Waals surface area contributed by atoms with Gasteiger partial charge in [-0.25, -0.2) is 9.59 Å². The zero-order valence-electron chi connectivity index (χ0n) is 22.9. The van der Waals surface area contributed by atoms with Crippen molar-refractivity contribution < 1.29 is 38.9 Å². The van der Waals surface area contributed by atoms with Crippen molar-refractivity contribution >= 4 is 35.1 Å². The molecule has 0 saturated heterocycles. The molecule has 5 aromatic carbocycles. The molecule has 0 fully saturated rings. The smallest absolute Gasteiger partial charge is 0.343 e. The molecule has 5 rings (SSSR count). The lowest BCUT2D eigenvalue weighted by molar-refractivity contribution is 0.0464. The molecule has 5 aromatic rings. The third kappa shape index (κ3) is 6.21. The van der Waals surface area contributed by atoms with Crippen LogP contribution in [-0.2, 0) is 11.3 Å². The second-order valence-electron chi connectivity index (χ2n) is 9.50. The number of benzene rings is 5. The molecule has 0 aromatic heterocycles. The molecule has 0 bridgehead atoms. The Balaban J connectivity index is 1.75. The maximum atomic E-state index is 14.1. The first-order valence-electron chi connectivity index (χ1n) is 13.3. The van der Waals surface area contributed by atoms with Crippen LogP contribution in [0.15, 0.2) is 115 Å². The fourth-order valence-corrected chi connectivity index (χ4v) is 4.56. The van der Waals surface area contributed by atoms with Crippen LogP contribution in [0.1, 0.15) is 58.1 Å². The standard InChI is InChI=1S/C35H23ClO8/c36-25-18-16-21(17-19-25)20-43-35(42)26-27(29(37)22-10-4-1-5-11-22)31(39)32(40)33(44-34(41)24-14-8-3-9-15-24)28(26)30(38)23-12-6-2-7-13-23/h1-19,39-40H,20H2. The van der Waals surface area contributed by atoms with Gasteiger partial charge in [-0.2, -0.15) is 0 Å². The molecule has 0 atom stereocenters. The van der Waals surface area contributed by atoms with E-state index in [4.69, 9.17) is 21.1 Å². The molecule has 0 saturated carbocycles. The molecule has 44 heavy (non-hydrogen) atoms. The van der Waals surface area contributed by atoms with Crippen molar-refractivity contribution in [3.8, 4) is 17.2 Å². The summed E-state index contributed by atoms with van der Waals surface area (Å²) in [4.78, 5) is 54.9. The molecule has 0 aliphatic heterocycles. The largest absolute Gasteiger partial charge is 0.504 e. The van der Waals surface area contributed by atoms with Crippen LogP contribution in [0, 0.1) is 0 Å². The quantitative estimate of drug-likeness (QED) is 0.0812. The van der Waals surface area contributed by atoms with Crippen LogP contribution in [0.25, 0.3) is 0 Å². The number of carbonyl (C=O) groups is 4. The zero-order valence-corrected chi connectivity index (χ0v) is 23.7. The summed E-state index contributed by atoms with van der Waals surface area (Å²) in [6, 6.07) is 29.4. The van der Waals surface area contributed by atoms with Gasteiger partial charge in [0.05, 0.1) is 22.3 Å². The third-order valence-electron chi connectivity index (χ3n) is 6.62. The number of phenolic OH excluding ortho intramolecular Hbond substituents is 2. The van der Waals surface area contributed by atoms with Crippen molar-refractivity contribution in [2.45, 2.75) is 6.61 Å². The van der Waals surface area contributed by atoms with E-state index in [0.717, 1.165) is 0 Å². The highest BCUT2D eigenvalue weighted by Gasteiger charge is 2.37. The third-order valence-corrected chi connectivity index (χ3v) is 6.87. The minimum absolute atomic E-state index is 0.0412. The van der Waals surface area contributed by atoms with Crippen LogP contribution in [0.3, 0.4) is 0 Å². The van der Waals surface area contributed by atoms with E-state index in [9.17, 15) is 29.4 Å². The van der Waals surface area contributed by atoms with Crippen LogP contribution in [0.2, 0.25) is 5.02 Å². The van der Waals surface area contributed by atoms with Gasteiger partial charge < -0.3 is 19.7 Å². The summed E-state index contributed by atoms with van der Waals surface area (Å²) < 4.78 is 11.0. The van der Waals surface area contributed by atoms with Crippen molar-refractivity contribution in [1.29, 1.82) is 0 Å². The van der Waals surface area contributed by atoms with E-state index < -0.39 is 57.4 Å². The molecular formula is C35H23ClO8. The van der Waals surface area contributed by atoms with Gasteiger partial charge in [-0.1, -0.05) is 103 Å². The zero-order chi connectivity index (χ0) is 31.2. The molecule has 218 valence electrons. The van der Waals surface area contributed by atoms with Gasteiger partial charge in [0.1, 0.15) is 6.61 Å². The van der Waals surface area contributed by atoms with Crippen molar-refractivity contribution in [1.82, 2.24) is 0 Å². The summed E-state index contributed by atoms with van der Waals surface area (Å²) in [5.41, 5.74) is -1.35. The minimum Gasteiger partial charge on any atom is -0.504 e. The number of phenols is 2. The van der Waals surface area contributed by atoms with Gasteiger partial charge in [0, 0.05) is 16.1 Å². The Morgan fingerprint density at radius 1 is 0.545 bits per heavy atom. The molecule has 9 heteroatoms. The highest BCUT2D eigenvalue weighted by Crippen LogP contribution is 2.46. The molecule has 0 aliphatic rings. The number of aromatic hydroxyl groups is 2. The SMILES string of the molecule is O=C(Oc1c(O)c(O)c(C(=O)c2ccccc2)c(C(=O)OCc2ccc(Cl)cc2)c1C(=O)c1ccccc1)c1ccccc1. The molecule has 8 nitrogen and oxygen atoms in total. The summed E-state index contributed by atoms with van der Waals surface area (Å²) in [7, 11) is 0. The van der Waals surface area contributed by atoms with Crippen LogP contribution < -0.4 is 4.74 Å². The molecule has 0 unspecified atom stereocenters. The van der Waals surface area contributed by atoms with Crippen LogP contribution in [-0.4, -0.2) is 33.7 Å². The lowest BCUT2D eigenvalue weighted by Gasteiger charge is -2.20. The van der Waals surface area contributed by atoms with Gasteiger partial charge in [-0.3, -0.25) is 9.59 Å². The number of ketones is 2. The predicted octanol–water partition coefficient (Wildman–Crippen LogP) is 6.79. The van der Waals surface area contributed by atoms with E-state index in [1.807, 2.05) is 0 Å². The lowest BCUT2D eigenvalue weighted by Crippen LogP contribution is -2.21. The monoisotopic (exact) mass is 606 g/mol. The second-order valence-corrected chi connectivity index (χ2v) is 9.94. The topological polar surface area (TPSA) is 127 Å². The van der Waals surface area contributed by atoms with Gasteiger partial charge in [0.2, 0.25) is 5.75 Å². The summed E-state index contributed by atoms with van der Waals surface area (Å²) in [5.74, 6) is -6.92. The van der Waals surface area contributed by atoms with Crippen molar-refractivity contribution in [2.24, 2.45) is 0 Å². The summed E-state index contributed by atoms with van der Waals surface area (Å²) in [6.07, 6.45) is 0. The highest BCUT2D eigenvalue weighted by molar-refractivity contribution is 6.30. The first-order chi connectivity index (χ1) is 21.3. The first-order valence-corrected chi connectivity index (χ1v) is 13.6. The highest BCUT2D eigenvalue weighted by atomic mass is 35.5. The van der Waals surface area contributed by atoms with Gasteiger partial charge in [0.25, 0.3) is 0 Å². The average molecular weight is 607 g/mol. The molecule has 0 aliphatic carbocycles. The van der Waals surface area contributed by atoms with E-state index >= 15 is 0 Å². The van der Waals surface area contributed by atoms with Crippen molar-refractivity contribution in [3.05, 3.63) is 159 Å². The van der Waals surface area contributed by atoms with E-state index in [1.54, 1.807) is 78.9 Å². The van der Waals surface area contributed by atoms with Gasteiger partial charge in [0.15, 0.2) is 23.1 Å². The Labute approximate surface area is 256 Å². The van der Waals surface area contributed by atoms with Gasteiger partial charge >= 0.3 is 11.9 Å². The van der Waals surface area contributed by atoms with Crippen LogP contribution >= 0.6 is 11.6 Å². The number of hydrogen-bond acceptors (Lipinski definition) is 8. The Morgan fingerprint density at radius 2 is 1.02 bits per heavy atom. The summed E-state index contributed by atoms with van der Waals surface area (Å²) >= 11 is 5.96. The number of rotatable bonds is 9. The fraction of sp³-hybridized carbons (Fsp3) is 0.0286. The maximum absolute atomic E-state index is 14.1. The molecule has 2 N–H and O–H groups in total. The number of esters is 2. The van der Waals surface area contributed by atoms with E-state index in [-0.39, 0.29) is 23.3 Å². The average Bonchev–Trinajstić information content (AvgIpc) is 3.06. The molecule has 0 spiro atoms. The van der Waals surface area contributed by atoms with Crippen LogP contribution in [0.4, 0.5) is 0 Å². The number of halogens is 1. The number of carbonyl (C=O) groups excluding carboxylic acids is 4. The number of hydrogen-bond donors (Lipinski definition) is 2. The Kier molecular flexibility index (Phi) is 8.83. The molecule has 0 heterocycles. The van der Waals surface area contributed by atoms with Gasteiger partial charge in [-0.15, -0.1) is 0 Å². The summed E-state index contributed by atoms with van der Waals surface area (Å²) in [5, 5.41) is 22.9. The second kappa shape index (κ2) is 13.1. The lowest BCUT2D eigenvalue weighted by atomic mass is 9.88. The van der Waals surface area contributed by atoms with Crippen LogP contribution in [0.5, 0.6) is 17.2 Å². The van der Waals surface area contributed by atoms with Gasteiger partial charge in [-0.05, 0) is 29.8 Å². The molecular weight excluding hydrogens is 584 g/mol. The van der Waals surface area contributed by atoms with E-state index in [2.05, 4.69) is 0 Å². The Bertz CT molecular complexity index is 1850. The van der Waals surface area contributed by atoms with Crippen molar-refractivity contribution in [2.75, 3.05) is 0 Å². The molecule has 0 radical (unpaired) electrons. The normalized spacial score (nSPS) is 10.6. The molecule has 0 amide bonds. The minimum atomic E-state index is -1.19.